The summed E-state index contributed by atoms with van der Waals surface area (Å²) in [6.45, 7) is 1.84. The van der Waals surface area contributed by atoms with E-state index in [2.05, 4.69) is 10.2 Å². The summed E-state index contributed by atoms with van der Waals surface area (Å²) in [4.78, 5) is 12.1. The first kappa shape index (κ1) is 11.9. The molecule has 0 radical (unpaired) electrons. The summed E-state index contributed by atoms with van der Waals surface area (Å²) in [6.07, 6.45) is 1.85. The van der Waals surface area contributed by atoms with Crippen LogP contribution < -0.4 is 0 Å². The lowest BCUT2D eigenvalue weighted by Gasteiger charge is -2.01. The third kappa shape index (κ3) is 2.10. The zero-order valence-electron chi connectivity index (χ0n) is 9.94. The molecule has 2 aromatic rings. The van der Waals surface area contributed by atoms with E-state index < -0.39 is 0 Å². The third-order valence-electron chi connectivity index (χ3n) is 2.71. The smallest absolute Gasteiger partial charge is 0.185 e. The minimum atomic E-state index is -0.0111. The van der Waals surface area contributed by atoms with E-state index in [0.29, 0.717) is 10.8 Å². The molecule has 0 saturated carbocycles. The average Bonchev–Trinajstić information content (AvgIpc) is 2.78. The number of rotatable bonds is 3. The molecule has 0 fully saturated rings. The first-order chi connectivity index (χ1) is 8.00. The number of halogens is 1. The molecule has 0 aromatic carbocycles. The molecule has 5 nitrogen and oxygen atoms in total. The van der Waals surface area contributed by atoms with E-state index in [9.17, 15) is 4.79 Å². The Kier molecular flexibility index (Phi) is 3.02. The summed E-state index contributed by atoms with van der Waals surface area (Å²) in [5.74, 6) is -0.0111. The molecule has 0 spiro atoms. The molecule has 2 aromatic heterocycles. The van der Waals surface area contributed by atoms with Crippen LogP contribution in [0.25, 0.3) is 0 Å². The quantitative estimate of drug-likeness (QED) is 0.779. The Morgan fingerprint density at radius 3 is 2.59 bits per heavy atom. The van der Waals surface area contributed by atoms with Gasteiger partial charge in [-0.2, -0.15) is 10.2 Å². The lowest BCUT2D eigenvalue weighted by molar-refractivity contribution is 0.0984. The van der Waals surface area contributed by atoms with E-state index in [0.717, 1.165) is 11.3 Å². The zero-order chi connectivity index (χ0) is 12.6. The minimum Gasteiger partial charge on any atom is -0.292 e. The van der Waals surface area contributed by atoms with E-state index in [1.165, 1.54) is 0 Å². The number of aromatic nitrogens is 4. The van der Waals surface area contributed by atoms with Gasteiger partial charge in [0.15, 0.2) is 5.78 Å². The number of carbonyl (C=O) groups excluding carboxylic acids is 1. The molecule has 90 valence electrons. The van der Waals surface area contributed by atoms with Crippen LogP contribution in [0.5, 0.6) is 0 Å². The molecule has 2 heterocycles. The number of aryl methyl sites for hydroxylation is 3. The molecule has 6 heteroatoms. The van der Waals surface area contributed by atoms with E-state index in [4.69, 9.17) is 11.6 Å². The van der Waals surface area contributed by atoms with Crippen molar-refractivity contribution < 1.29 is 4.79 Å². The van der Waals surface area contributed by atoms with Crippen molar-refractivity contribution in [2.75, 3.05) is 0 Å². The van der Waals surface area contributed by atoms with Crippen LogP contribution in [0, 0.1) is 6.92 Å². The monoisotopic (exact) mass is 252 g/mol. The van der Waals surface area contributed by atoms with Crippen LogP contribution in [0.2, 0.25) is 5.15 Å². The first-order valence-corrected chi connectivity index (χ1v) is 5.57. The maximum absolute atomic E-state index is 12.1. The summed E-state index contributed by atoms with van der Waals surface area (Å²) < 4.78 is 3.13. The van der Waals surface area contributed by atoms with Crippen LogP contribution in [-0.4, -0.2) is 25.3 Å². The van der Waals surface area contributed by atoms with Crippen molar-refractivity contribution in [1.29, 1.82) is 0 Å². The molecular formula is C11H13ClN4O. The SMILES string of the molecule is Cc1nn(C)c(Cl)c1CC(=O)c1ccnn1C. The Balaban J connectivity index is 2.28. The summed E-state index contributed by atoms with van der Waals surface area (Å²) >= 11 is 6.09. The highest BCUT2D eigenvalue weighted by Gasteiger charge is 2.17. The highest BCUT2D eigenvalue weighted by molar-refractivity contribution is 6.30. The van der Waals surface area contributed by atoms with Gasteiger partial charge in [-0.25, -0.2) is 0 Å². The number of Topliss-reactive ketones (excluding diaryl/α,β-unsaturated/α-hetero) is 1. The molecule has 0 aliphatic heterocycles. The topological polar surface area (TPSA) is 52.7 Å². The van der Waals surface area contributed by atoms with Crippen molar-refractivity contribution in [1.82, 2.24) is 19.6 Å². The maximum atomic E-state index is 12.1. The van der Waals surface area contributed by atoms with Crippen molar-refractivity contribution in [2.24, 2.45) is 14.1 Å². The second-order valence-corrected chi connectivity index (χ2v) is 4.28. The first-order valence-electron chi connectivity index (χ1n) is 5.20. The van der Waals surface area contributed by atoms with Crippen LogP contribution in [-0.2, 0) is 20.5 Å². The molecule has 0 saturated heterocycles. The maximum Gasteiger partial charge on any atom is 0.185 e. The minimum absolute atomic E-state index is 0.0111. The number of hydrogen-bond donors (Lipinski definition) is 0. The van der Waals surface area contributed by atoms with E-state index in [-0.39, 0.29) is 12.2 Å². The Hall–Kier alpha value is -1.62. The molecule has 0 bridgehead atoms. The Bertz CT molecular complexity index is 570. The van der Waals surface area contributed by atoms with Crippen molar-refractivity contribution in [3.8, 4) is 0 Å². The Morgan fingerprint density at radius 2 is 2.12 bits per heavy atom. The van der Waals surface area contributed by atoms with Gasteiger partial charge in [0.25, 0.3) is 0 Å². The Labute approximate surface area is 104 Å². The largest absolute Gasteiger partial charge is 0.292 e. The standard InChI is InChI=1S/C11H13ClN4O/c1-7-8(11(12)16(3)14-7)6-10(17)9-4-5-13-15(9)2/h4-5H,6H2,1-3H3. The van der Waals surface area contributed by atoms with Crippen LogP contribution in [0.1, 0.15) is 21.7 Å². The number of carbonyl (C=O) groups is 1. The highest BCUT2D eigenvalue weighted by Crippen LogP contribution is 2.20. The van der Waals surface area contributed by atoms with E-state index >= 15 is 0 Å². The zero-order valence-corrected chi connectivity index (χ0v) is 10.7. The normalized spacial score (nSPS) is 10.8. The summed E-state index contributed by atoms with van der Waals surface area (Å²) in [7, 11) is 3.50. The van der Waals surface area contributed by atoms with Gasteiger partial charge < -0.3 is 0 Å². The molecule has 2 rings (SSSR count). The summed E-state index contributed by atoms with van der Waals surface area (Å²) in [5.41, 5.74) is 2.14. The molecule has 0 unspecified atom stereocenters. The fraction of sp³-hybridized carbons (Fsp3) is 0.364. The molecular weight excluding hydrogens is 240 g/mol. The lowest BCUT2D eigenvalue weighted by atomic mass is 10.1. The highest BCUT2D eigenvalue weighted by atomic mass is 35.5. The fourth-order valence-corrected chi connectivity index (χ4v) is 2.01. The van der Waals surface area contributed by atoms with Gasteiger partial charge in [-0.15, -0.1) is 0 Å². The number of nitrogens with zero attached hydrogens (tertiary/aromatic N) is 4. The van der Waals surface area contributed by atoms with Gasteiger partial charge in [0, 0.05) is 32.3 Å². The van der Waals surface area contributed by atoms with Crippen LogP contribution in [0.15, 0.2) is 12.3 Å². The molecule has 0 amide bonds. The van der Waals surface area contributed by atoms with Gasteiger partial charge in [0.05, 0.1) is 5.69 Å². The second-order valence-electron chi connectivity index (χ2n) is 3.92. The molecule has 0 atom stereocenters. The number of hydrogen-bond acceptors (Lipinski definition) is 3. The summed E-state index contributed by atoms with van der Waals surface area (Å²) in [6, 6.07) is 1.70. The van der Waals surface area contributed by atoms with Crippen LogP contribution in [0.4, 0.5) is 0 Å². The van der Waals surface area contributed by atoms with Crippen LogP contribution in [0.3, 0.4) is 0 Å². The van der Waals surface area contributed by atoms with Crippen molar-refractivity contribution in [3.05, 3.63) is 34.4 Å². The predicted octanol–water partition coefficient (Wildman–Crippen LogP) is 1.54. The molecule has 0 N–H and O–H groups in total. The predicted molar refractivity (Wildman–Crippen MR) is 64.2 cm³/mol. The van der Waals surface area contributed by atoms with Gasteiger partial charge in [-0.3, -0.25) is 14.2 Å². The van der Waals surface area contributed by atoms with Gasteiger partial charge in [-0.05, 0) is 13.0 Å². The number of ketones is 1. The summed E-state index contributed by atoms with van der Waals surface area (Å²) in [5, 5.41) is 8.66. The third-order valence-corrected chi connectivity index (χ3v) is 3.19. The fourth-order valence-electron chi connectivity index (χ4n) is 1.77. The lowest BCUT2D eigenvalue weighted by Crippen LogP contribution is -2.10. The van der Waals surface area contributed by atoms with Gasteiger partial charge in [0.2, 0.25) is 0 Å². The van der Waals surface area contributed by atoms with Gasteiger partial charge >= 0.3 is 0 Å². The molecule has 0 aliphatic rings. The van der Waals surface area contributed by atoms with E-state index in [1.54, 1.807) is 35.7 Å². The molecule has 17 heavy (non-hydrogen) atoms. The van der Waals surface area contributed by atoms with Crippen LogP contribution >= 0.6 is 11.6 Å². The van der Waals surface area contributed by atoms with Gasteiger partial charge in [0.1, 0.15) is 10.8 Å². The van der Waals surface area contributed by atoms with Gasteiger partial charge in [-0.1, -0.05) is 11.6 Å². The second kappa shape index (κ2) is 4.33. The Morgan fingerprint density at radius 1 is 1.41 bits per heavy atom. The molecule has 0 aliphatic carbocycles. The van der Waals surface area contributed by atoms with E-state index in [1.807, 2.05) is 6.92 Å². The van der Waals surface area contributed by atoms with Crippen molar-refractivity contribution >= 4 is 17.4 Å². The average molecular weight is 253 g/mol. The van der Waals surface area contributed by atoms with Crippen molar-refractivity contribution in [3.63, 3.8) is 0 Å². The van der Waals surface area contributed by atoms with Crippen molar-refractivity contribution in [2.45, 2.75) is 13.3 Å².